The molecule has 4 heterocycles. The number of likely N-dealkylation sites (tertiary alicyclic amines) is 1. The van der Waals surface area contributed by atoms with Crippen molar-refractivity contribution in [2.24, 2.45) is 0 Å². The van der Waals surface area contributed by atoms with E-state index in [2.05, 4.69) is 26.2 Å². The molecule has 1 aliphatic rings. The minimum atomic E-state index is -2.71. The van der Waals surface area contributed by atoms with Crippen LogP contribution >= 0.6 is 0 Å². The van der Waals surface area contributed by atoms with Crippen LogP contribution in [0.1, 0.15) is 28.8 Å². The molecule has 0 spiro atoms. The van der Waals surface area contributed by atoms with Gasteiger partial charge in [-0.3, -0.25) is 4.79 Å². The van der Waals surface area contributed by atoms with Gasteiger partial charge in [-0.15, -0.1) is 10.2 Å². The number of amides is 1. The molecule has 32 heavy (non-hydrogen) atoms. The molecule has 160 valence electrons. The first kappa shape index (κ1) is 19.8. The molecular weight excluding hydrogens is 416 g/mol. The Balaban J connectivity index is 1.45. The largest absolute Gasteiger partial charge is 0.338 e. The molecule has 0 atom stereocenters. The number of pyridine rings is 1. The Bertz CT molecular complexity index is 1340. The number of carbonyl (C=O) groups is 1. The predicted octanol–water partition coefficient (Wildman–Crippen LogP) is 3.55. The van der Waals surface area contributed by atoms with Gasteiger partial charge in [0.25, 0.3) is 11.8 Å². The van der Waals surface area contributed by atoms with Crippen LogP contribution in [-0.4, -0.2) is 54.6 Å². The third-order valence-corrected chi connectivity index (χ3v) is 5.63. The van der Waals surface area contributed by atoms with Gasteiger partial charge in [0.05, 0.1) is 17.2 Å². The van der Waals surface area contributed by atoms with Gasteiger partial charge in [-0.2, -0.15) is 5.26 Å². The monoisotopic (exact) mass is 433 g/mol. The molecule has 1 amide bonds. The van der Waals surface area contributed by atoms with Crippen LogP contribution in [0.2, 0.25) is 0 Å². The second kappa shape index (κ2) is 7.53. The van der Waals surface area contributed by atoms with Gasteiger partial charge in [-0.25, -0.2) is 13.8 Å². The summed E-state index contributed by atoms with van der Waals surface area (Å²) < 4.78 is 28.6. The molecular formula is C22H17F2N7O. The maximum Gasteiger partial charge on any atom is 0.255 e. The number of aromatic nitrogens is 5. The number of nitriles is 1. The highest BCUT2D eigenvalue weighted by Crippen LogP contribution is 2.29. The summed E-state index contributed by atoms with van der Waals surface area (Å²) >= 11 is 0. The van der Waals surface area contributed by atoms with Crippen molar-refractivity contribution in [3.8, 4) is 23.1 Å². The van der Waals surface area contributed by atoms with E-state index in [0.29, 0.717) is 28.2 Å². The van der Waals surface area contributed by atoms with Gasteiger partial charge in [-0.1, -0.05) is 0 Å². The summed E-state index contributed by atoms with van der Waals surface area (Å²) in [4.78, 5) is 21.5. The number of halogens is 2. The number of hydrogen-bond donors (Lipinski definition) is 1. The van der Waals surface area contributed by atoms with Crippen molar-refractivity contribution in [2.45, 2.75) is 18.8 Å². The van der Waals surface area contributed by atoms with Crippen molar-refractivity contribution < 1.29 is 13.6 Å². The number of fused-ring (bicyclic) bond motifs is 1. The first-order valence-electron chi connectivity index (χ1n) is 10.0. The Morgan fingerprint density at radius 2 is 2.00 bits per heavy atom. The topological polar surface area (TPSA) is 103 Å². The second-order valence-electron chi connectivity index (χ2n) is 7.65. The van der Waals surface area contributed by atoms with Crippen molar-refractivity contribution in [2.75, 3.05) is 13.1 Å². The number of H-pyrrole nitrogens is 1. The summed E-state index contributed by atoms with van der Waals surface area (Å²) in [7, 11) is 0. The Hall–Kier alpha value is -4.13. The lowest BCUT2D eigenvalue weighted by Crippen LogP contribution is -2.42. The van der Waals surface area contributed by atoms with E-state index in [4.69, 9.17) is 0 Å². The minimum absolute atomic E-state index is 0.0271. The molecule has 0 unspecified atom stereocenters. The zero-order chi connectivity index (χ0) is 22.3. The van der Waals surface area contributed by atoms with E-state index < -0.39 is 5.92 Å². The summed E-state index contributed by atoms with van der Waals surface area (Å²) in [5.74, 6) is -2.50. The lowest BCUT2D eigenvalue weighted by Gasteiger charge is -2.31. The van der Waals surface area contributed by atoms with Crippen molar-refractivity contribution in [3.05, 3.63) is 60.2 Å². The van der Waals surface area contributed by atoms with E-state index in [1.165, 1.54) is 17.4 Å². The van der Waals surface area contributed by atoms with E-state index >= 15 is 0 Å². The number of hydrogen-bond acceptors (Lipinski definition) is 5. The standard InChI is InChI=1S/C22H17F2N7O/c23-22(24)4-7-30(8-5-22)21(32)16-9-14-3-6-31(20(14)26-12-16)17-1-2-18(15(10-17)11-25)19-27-13-28-29-19/h1-3,6,9-10,12-13H,4-5,7-8H2,(H,27,28,29). The minimum Gasteiger partial charge on any atom is -0.338 e. The molecule has 4 aromatic rings. The third-order valence-electron chi connectivity index (χ3n) is 5.63. The highest BCUT2D eigenvalue weighted by Gasteiger charge is 2.35. The fourth-order valence-electron chi connectivity index (χ4n) is 3.89. The molecule has 0 aliphatic carbocycles. The average molecular weight is 433 g/mol. The van der Waals surface area contributed by atoms with E-state index in [0.717, 1.165) is 11.1 Å². The summed E-state index contributed by atoms with van der Waals surface area (Å²) in [6.07, 6.45) is 4.06. The van der Waals surface area contributed by atoms with E-state index in [9.17, 15) is 18.8 Å². The molecule has 0 saturated carbocycles. The average Bonchev–Trinajstić information content (AvgIpc) is 3.48. The van der Waals surface area contributed by atoms with Crippen molar-refractivity contribution >= 4 is 16.9 Å². The molecule has 1 N–H and O–H groups in total. The molecule has 5 rings (SSSR count). The first-order valence-corrected chi connectivity index (χ1v) is 10.0. The van der Waals surface area contributed by atoms with Crippen LogP contribution in [0.3, 0.4) is 0 Å². The quantitative estimate of drug-likeness (QED) is 0.532. The highest BCUT2D eigenvalue weighted by atomic mass is 19.3. The van der Waals surface area contributed by atoms with Crippen LogP contribution in [0.4, 0.5) is 8.78 Å². The molecule has 1 saturated heterocycles. The smallest absolute Gasteiger partial charge is 0.255 e. The number of nitrogens with zero attached hydrogens (tertiary/aromatic N) is 6. The third kappa shape index (κ3) is 3.47. The van der Waals surface area contributed by atoms with Crippen LogP contribution in [-0.2, 0) is 0 Å². The molecule has 3 aromatic heterocycles. The predicted molar refractivity (Wildman–Crippen MR) is 111 cm³/mol. The van der Waals surface area contributed by atoms with E-state index in [1.807, 2.05) is 16.7 Å². The number of benzene rings is 1. The number of piperidine rings is 1. The Kier molecular flexibility index (Phi) is 4.66. The first-order chi connectivity index (χ1) is 15.4. The van der Waals surface area contributed by atoms with Gasteiger partial charge in [0.2, 0.25) is 0 Å². The van der Waals surface area contributed by atoms with Crippen molar-refractivity contribution in [1.82, 2.24) is 29.6 Å². The van der Waals surface area contributed by atoms with Crippen molar-refractivity contribution in [3.63, 3.8) is 0 Å². The number of aromatic amines is 1. The van der Waals surface area contributed by atoms with Crippen LogP contribution in [0.15, 0.2) is 49.1 Å². The van der Waals surface area contributed by atoms with Gasteiger partial charge in [0.1, 0.15) is 12.0 Å². The highest BCUT2D eigenvalue weighted by molar-refractivity contribution is 5.97. The molecule has 0 bridgehead atoms. The fraction of sp³-hybridized carbons (Fsp3) is 0.227. The number of rotatable bonds is 3. The molecule has 1 aromatic carbocycles. The van der Waals surface area contributed by atoms with Gasteiger partial charge < -0.3 is 14.5 Å². The van der Waals surface area contributed by atoms with E-state index in [1.54, 1.807) is 24.4 Å². The van der Waals surface area contributed by atoms with Gasteiger partial charge in [0.15, 0.2) is 5.82 Å². The molecule has 0 radical (unpaired) electrons. The Labute approximate surface area is 181 Å². The van der Waals surface area contributed by atoms with Crippen LogP contribution in [0.5, 0.6) is 0 Å². The lowest BCUT2D eigenvalue weighted by atomic mass is 10.1. The van der Waals surface area contributed by atoms with E-state index in [-0.39, 0.29) is 31.8 Å². The SMILES string of the molecule is N#Cc1cc(-n2ccc3cc(C(=O)N4CCC(F)(F)CC4)cnc32)ccc1-c1nnc[nH]1. The maximum atomic E-state index is 13.4. The zero-order valence-electron chi connectivity index (χ0n) is 16.8. The molecule has 10 heteroatoms. The lowest BCUT2D eigenvalue weighted by molar-refractivity contribution is -0.0494. The molecule has 1 aliphatic heterocycles. The fourth-order valence-corrected chi connectivity index (χ4v) is 3.89. The second-order valence-corrected chi connectivity index (χ2v) is 7.65. The summed E-state index contributed by atoms with van der Waals surface area (Å²) in [5.41, 5.74) is 2.76. The summed E-state index contributed by atoms with van der Waals surface area (Å²) in [5, 5.41) is 18.0. The van der Waals surface area contributed by atoms with Crippen LogP contribution in [0, 0.1) is 11.3 Å². The normalized spacial score (nSPS) is 15.6. The number of alkyl halides is 2. The maximum absolute atomic E-state index is 13.4. The Morgan fingerprint density at radius 1 is 1.19 bits per heavy atom. The molecule has 8 nitrogen and oxygen atoms in total. The zero-order valence-corrected chi connectivity index (χ0v) is 16.8. The summed E-state index contributed by atoms with van der Waals surface area (Å²) in [6, 6.07) is 11.1. The molecule has 1 fully saturated rings. The number of carbonyl (C=O) groups excluding carboxylic acids is 1. The van der Waals surface area contributed by atoms with Crippen LogP contribution in [0.25, 0.3) is 28.1 Å². The van der Waals surface area contributed by atoms with Gasteiger partial charge in [0, 0.05) is 55.0 Å². The Morgan fingerprint density at radius 3 is 2.72 bits per heavy atom. The van der Waals surface area contributed by atoms with Gasteiger partial charge >= 0.3 is 0 Å². The van der Waals surface area contributed by atoms with Gasteiger partial charge in [-0.05, 0) is 30.3 Å². The summed E-state index contributed by atoms with van der Waals surface area (Å²) in [6.45, 7) is 0.0543. The van der Waals surface area contributed by atoms with Crippen molar-refractivity contribution in [1.29, 1.82) is 5.26 Å². The number of nitrogens with one attached hydrogen (secondary N) is 1. The van der Waals surface area contributed by atoms with Crippen LogP contribution < -0.4 is 0 Å².